The molecule has 0 radical (unpaired) electrons. The van der Waals surface area contributed by atoms with E-state index < -0.39 is 42.7 Å². The third-order valence-corrected chi connectivity index (χ3v) is 3.52. The van der Waals surface area contributed by atoms with Crippen LogP contribution >= 0.6 is 0 Å². The number of alkyl halides is 6. The minimum Gasteiger partial charge on any atom is -0.484 e. The van der Waals surface area contributed by atoms with Gasteiger partial charge in [0.1, 0.15) is 11.5 Å². The Balaban J connectivity index is 2.71. The lowest BCUT2D eigenvalue weighted by Crippen LogP contribution is -2.43. The van der Waals surface area contributed by atoms with E-state index in [1.54, 1.807) is 6.92 Å². The Labute approximate surface area is 140 Å². The summed E-state index contributed by atoms with van der Waals surface area (Å²) in [7, 11) is 0. The lowest BCUT2D eigenvalue weighted by molar-refractivity contribution is -0.253. The van der Waals surface area contributed by atoms with Crippen molar-refractivity contribution in [1.29, 1.82) is 0 Å². The van der Waals surface area contributed by atoms with Crippen molar-refractivity contribution >= 4 is 5.78 Å². The number of hydrogen-bond acceptors (Lipinski definition) is 3. The van der Waals surface area contributed by atoms with E-state index in [1.807, 2.05) is 0 Å². The highest BCUT2D eigenvalue weighted by atomic mass is 19.4. The first-order valence-electron chi connectivity index (χ1n) is 7.31. The first-order valence-corrected chi connectivity index (χ1v) is 7.31. The predicted molar refractivity (Wildman–Crippen MR) is 77.3 cm³/mol. The molecule has 1 aromatic carbocycles. The van der Waals surface area contributed by atoms with Crippen LogP contribution in [0.15, 0.2) is 24.3 Å². The van der Waals surface area contributed by atoms with Crippen molar-refractivity contribution in [3.63, 3.8) is 0 Å². The van der Waals surface area contributed by atoms with Crippen LogP contribution in [0, 0.1) is 0 Å². The standard InChI is InChI=1S/C16H18F6O3/c1-10(6-12(23)8-14(2,24)16(20,21)22)11-4-3-5-13(7-11)25-9-15(17,18)19/h3-5,7,10,24H,6,8-9H2,1-2H3/t10-,14?/m1/s1. The molecule has 1 N–H and O–H groups in total. The van der Waals surface area contributed by atoms with Gasteiger partial charge in [0.2, 0.25) is 0 Å². The monoisotopic (exact) mass is 372 g/mol. The Morgan fingerprint density at radius 2 is 1.80 bits per heavy atom. The van der Waals surface area contributed by atoms with Crippen LogP contribution < -0.4 is 4.74 Å². The fraction of sp³-hybridized carbons (Fsp3) is 0.562. The van der Waals surface area contributed by atoms with E-state index in [4.69, 9.17) is 0 Å². The quantitative estimate of drug-likeness (QED) is 0.722. The van der Waals surface area contributed by atoms with Crippen LogP contribution in [0.4, 0.5) is 26.3 Å². The van der Waals surface area contributed by atoms with E-state index >= 15 is 0 Å². The van der Waals surface area contributed by atoms with Gasteiger partial charge >= 0.3 is 12.4 Å². The first kappa shape index (κ1) is 21.3. The maximum atomic E-state index is 12.6. The molecule has 1 unspecified atom stereocenters. The number of ether oxygens (including phenoxy) is 1. The predicted octanol–water partition coefficient (Wildman–Crippen LogP) is 4.39. The lowest BCUT2D eigenvalue weighted by atomic mass is 9.90. The molecule has 0 aromatic heterocycles. The molecule has 0 aliphatic rings. The summed E-state index contributed by atoms with van der Waals surface area (Å²) in [5, 5.41) is 9.32. The van der Waals surface area contributed by atoms with E-state index in [-0.39, 0.29) is 12.2 Å². The van der Waals surface area contributed by atoms with Gasteiger partial charge in [-0.1, -0.05) is 19.1 Å². The zero-order valence-electron chi connectivity index (χ0n) is 13.5. The highest BCUT2D eigenvalue weighted by Gasteiger charge is 2.50. The molecule has 1 aromatic rings. The Morgan fingerprint density at radius 1 is 1.20 bits per heavy atom. The number of aliphatic hydroxyl groups is 1. The van der Waals surface area contributed by atoms with Crippen molar-refractivity contribution < 1.29 is 41.0 Å². The van der Waals surface area contributed by atoms with Crippen LogP contribution in [0.1, 0.15) is 38.2 Å². The van der Waals surface area contributed by atoms with Crippen molar-refractivity contribution in [2.24, 2.45) is 0 Å². The second-order valence-electron chi connectivity index (χ2n) is 6.07. The third-order valence-electron chi connectivity index (χ3n) is 3.52. The molecular weight excluding hydrogens is 354 g/mol. The van der Waals surface area contributed by atoms with Crippen molar-refractivity contribution in [2.75, 3.05) is 6.61 Å². The molecule has 0 spiro atoms. The second kappa shape index (κ2) is 7.63. The van der Waals surface area contributed by atoms with Crippen LogP contribution in [0.3, 0.4) is 0 Å². The van der Waals surface area contributed by atoms with Crippen LogP contribution in [0.25, 0.3) is 0 Å². The molecule has 25 heavy (non-hydrogen) atoms. The molecule has 0 bridgehead atoms. The molecule has 2 atom stereocenters. The Morgan fingerprint density at radius 3 is 2.32 bits per heavy atom. The molecule has 0 saturated heterocycles. The summed E-state index contributed by atoms with van der Waals surface area (Å²) in [6.07, 6.45) is -10.8. The number of hydrogen-bond donors (Lipinski definition) is 1. The largest absolute Gasteiger partial charge is 0.484 e. The number of Topliss-reactive ketones (excluding diaryl/α,β-unsaturated/α-hetero) is 1. The molecule has 1 rings (SSSR count). The lowest BCUT2D eigenvalue weighted by Gasteiger charge is -2.26. The molecule has 0 aliphatic carbocycles. The maximum Gasteiger partial charge on any atom is 0.422 e. The third kappa shape index (κ3) is 6.93. The topological polar surface area (TPSA) is 46.5 Å². The summed E-state index contributed by atoms with van der Waals surface area (Å²) in [5.74, 6) is -1.42. The van der Waals surface area contributed by atoms with Gasteiger partial charge in [-0.15, -0.1) is 0 Å². The maximum absolute atomic E-state index is 12.6. The van der Waals surface area contributed by atoms with Gasteiger partial charge in [0.15, 0.2) is 12.2 Å². The first-order chi connectivity index (χ1) is 11.2. The van der Waals surface area contributed by atoms with Gasteiger partial charge in [0.25, 0.3) is 0 Å². The highest BCUT2D eigenvalue weighted by molar-refractivity contribution is 5.80. The zero-order valence-corrected chi connectivity index (χ0v) is 13.5. The average Bonchev–Trinajstić information content (AvgIpc) is 2.42. The van der Waals surface area contributed by atoms with E-state index in [0.717, 1.165) is 0 Å². The van der Waals surface area contributed by atoms with Crippen molar-refractivity contribution in [1.82, 2.24) is 0 Å². The molecule has 0 aliphatic heterocycles. The molecule has 0 heterocycles. The fourth-order valence-corrected chi connectivity index (χ4v) is 2.09. The van der Waals surface area contributed by atoms with E-state index in [9.17, 15) is 36.2 Å². The number of ketones is 1. The molecular formula is C16H18F6O3. The Hall–Kier alpha value is -1.77. The van der Waals surface area contributed by atoms with E-state index in [1.165, 1.54) is 24.3 Å². The molecule has 142 valence electrons. The van der Waals surface area contributed by atoms with Crippen LogP contribution in [-0.4, -0.2) is 35.5 Å². The summed E-state index contributed by atoms with van der Waals surface area (Å²) in [6, 6.07) is 5.55. The van der Waals surface area contributed by atoms with Crippen LogP contribution in [0.5, 0.6) is 5.75 Å². The van der Waals surface area contributed by atoms with Gasteiger partial charge in [0.05, 0.1) is 0 Å². The van der Waals surface area contributed by atoms with E-state index in [0.29, 0.717) is 12.5 Å². The van der Waals surface area contributed by atoms with Gasteiger partial charge in [-0.05, 0) is 30.5 Å². The fourth-order valence-electron chi connectivity index (χ4n) is 2.09. The summed E-state index contributed by atoms with van der Waals surface area (Å²) >= 11 is 0. The smallest absolute Gasteiger partial charge is 0.422 e. The summed E-state index contributed by atoms with van der Waals surface area (Å²) in [4.78, 5) is 11.8. The number of benzene rings is 1. The number of halogens is 6. The van der Waals surface area contributed by atoms with Crippen LogP contribution in [-0.2, 0) is 4.79 Å². The molecule has 9 heteroatoms. The van der Waals surface area contributed by atoms with Crippen LogP contribution in [0.2, 0.25) is 0 Å². The molecule has 0 saturated carbocycles. The van der Waals surface area contributed by atoms with Gasteiger partial charge < -0.3 is 9.84 Å². The normalized spacial score (nSPS) is 16.2. The van der Waals surface area contributed by atoms with E-state index in [2.05, 4.69) is 4.74 Å². The van der Waals surface area contributed by atoms with Crippen molar-refractivity contribution in [3.8, 4) is 5.75 Å². The van der Waals surface area contributed by atoms with Crippen molar-refractivity contribution in [2.45, 2.75) is 50.6 Å². The molecule has 0 fully saturated rings. The number of carbonyl (C=O) groups excluding carboxylic acids is 1. The molecule has 3 nitrogen and oxygen atoms in total. The minimum absolute atomic E-state index is 0.0589. The Bertz CT molecular complexity index is 592. The second-order valence-corrected chi connectivity index (χ2v) is 6.07. The highest BCUT2D eigenvalue weighted by Crippen LogP contribution is 2.34. The average molecular weight is 372 g/mol. The number of carbonyl (C=O) groups is 1. The van der Waals surface area contributed by atoms with Gasteiger partial charge in [-0.3, -0.25) is 4.79 Å². The zero-order chi connectivity index (χ0) is 19.5. The minimum atomic E-state index is -4.93. The summed E-state index contributed by atoms with van der Waals surface area (Å²) in [6.45, 7) is 0.586. The summed E-state index contributed by atoms with van der Waals surface area (Å²) in [5.41, 5.74) is -2.68. The van der Waals surface area contributed by atoms with Gasteiger partial charge in [0, 0.05) is 12.8 Å². The van der Waals surface area contributed by atoms with Gasteiger partial charge in [-0.25, -0.2) is 0 Å². The van der Waals surface area contributed by atoms with Crippen molar-refractivity contribution in [3.05, 3.63) is 29.8 Å². The Kier molecular flexibility index (Phi) is 6.50. The van der Waals surface area contributed by atoms with Gasteiger partial charge in [-0.2, -0.15) is 26.3 Å². The SMILES string of the molecule is C[C@H](CC(=O)CC(C)(O)C(F)(F)F)c1cccc(OCC(F)(F)F)c1. The summed E-state index contributed by atoms with van der Waals surface area (Å²) < 4.78 is 78.7. The molecule has 0 amide bonds. The number of rotatable bonds is 7.